The Bertz CT molecular complexity index is 1790. The second-order valence-corrected chi connectivity index (χ2v) is 8.38. The quantitative estimate of drug-likeness (QED) is 0.261. The molecule has 9 heteroatoms. The van der Waals surface area contributed by atoms with Crippen LogP contribution in [0, 0.1) is 31.0 Å². The van der Waals surface area contributed by atoms with E-state index in [9.17, 15) is 4.79 Å². The molecule has 0 atom stereocenters. The van der Waals surface area contributed by atoms with Crippen molar-refractivity contribution in [1.29, 1.82) is 0 Å². The Morgan fingerprint density at radius 3 is 2.56 bits per heavy atom. The summed E-state index contributed by atoms with van der Waals surface area (Å²) in [6.07, 6.45) is 3.77. The van der Waals surface area contributed by atoms with E-state index in [1.165, 1.54) is 16.5 Å². The molecule has 0 bridgehead atoms. The highest BCUT2D eigenvalue weighted by Crippen LogP contribution is 2.29. The summed E-state index contributed by atoms with van der Waals surface area (Å²) in [7, 11) is 0. The lowest BCUT2D eigenvalue weighted by Gasteiger charge is -2.10. The monoisotopic (exact) mass is 470 g/mol. The summed E-state index contributed by atoms with van der Waals surface area (Å²) >= 11 is 5.86. The van der Waals surface area contributed by atoms with E-state index in [0.717, 1.165) is 16.8 Å². The highest BCUT2D eigenvalue weighted by atomic mass is 32.1. The lowest BCUT2D eigenvalue weighted by atomic mass is 10.2. The van der Waals surface area contributed by atoms with Crippen molar-refractivity contribution < 1.29 is 4.39 Å². The number of benzene rings is 1. The van der Waals surface area contributed by atoms with Crippen molar-refractivity contribution in [2.24, 2.45) is 0 Å². The molecule has 0 unspecified atom stereocenters. The number of nitrogens with zero attached hydrogens (tertiary/aromatic N) is 6. The molecule has 1 aromatic carbocycles. The van der Waals surface area contributed by atoms with E-state index in [-0.39, 0.29) is 11.2 Å². The van der Waals surface area contributed by atoms with Crippen LogP contribution in [-0.4, -0.2) is 23.5 Å². The van der Waals surface area contributed by atoms with Crippen molar-refractivity contribution in [2.45, 2.75) is 27.2 Å². The molecule has 0 aliphatic rings. The van der Waals surface area contributed by atoms with Crippen LogP contribution in [0.2, 0.25) is 0 Å². The van der Waals surface area contributed by atoms with E-state index in [4.69, 9.17) is 18.8 Å². The summed E-state index contributed by atoms with van der Waals surface area (Å²) in [5, 5.41) is 0. The van der Waals surface area contributed by atoms with E-state index in [2.05, 4.69) is 14.8 Å². The van der Waals surface area contributed by atoms with Gasteiger partial charge in [0, 0.05) is 35.9 Å². The number of hydrogen-bond acceptors (Lipinski definition) is 4. The van der Waals surface area contributed by atoms with Crippen molar-refractivity contribution in [3.8, 4) is 11.4 Å². The fourth-order valence-corrected chi connectivity index (χ4v) is 4.53. The number of aryl methyl sites for hydroxylation is 3. The van der Waals surface area contributed by atoms with Gasteiger partial charge >= 0.3 is 0 Å². The van der Waals surface area contributed by atoms with E-state index in [1.807, 2.05) is 39.0 Å². The third-order valence-electron chi connectivity index (χ3n) is 5.86. The molecule has 0 saturated carbocycles. The first-order valence-corrected chi connectivity index (χ1v) is 11.0. The van der Waals surface area contributed by atoms with Crippen molar-refractivity contribution in [2.75, 3.05) is 0 Å². The zero-order valence-corrected chi connectivity index (χ0v) is 19.5. The summed E-state index contributed by atoms with van der Waals surface area (Å²) < 4.78 is 20.3. The van der Waals surface area contributed by atoms with Crippen LogP contribution in [0.1, 0.15) is 23.7 Å². The van der Waals surface area contributed by atoms with Crippen LogP contribution in [-0.2, 0) is 6.42 Å². The third-order valence-corrected chi connectivity index (χ3v) is 6.22. The Balaban J connectivity index is 1.87. The topological polar surface area (TPSA) is 61.5 Å². The summed E-state index contributed by atoms with van der Waals surface area (Å²) in [6, 6.07) is 10.0. The Labute approximate surface area is 199 Å². The molecule has 0 aliphatic carbocycles. The second kappa shape index (κ2) is 8.01. The fourth-order valence-electron chi connectivity index (χ4n) is 4.14. The maximum atomic E-state index is 15.2. The van der Waals surface area contributed by atoms with Gasteiger partial charge in [0.05, 0.1) is 17.8 Å². The highest BCUT2D eigenvalue weighted by Gasteiger charge is 2.19. The number of halogens is 1. The van der Waals surface area contributed by atoms with E-state index < -0.39 is 5.82 Å². The molecule has 0 N–H and O–H groups in total. The fraction of sp³-hybridized carbons (Fsp3) is 0.160. The standard InChI is InChI=1S/C25H19FN6OS/c1-5-16-11-21(33)30-13-18(12-19(26)23(30)29-16)31-22-14(2)8-9-28-24(22)32(25(31)34)17-6-7-20(27-4)15(3)10-17/h6-13H,5H2,1-3H3. The van der Waals surface area contributed by atoms with Gasteiger partial charge in [-0.1, -0.05) is 13.0 Å². The third kappa shape index (κ3) is 3.23. The summed E-state index contributed by atoms with van der Waals surface area (Å²) in [5.74, 6) is -0.619. The van der Waals surface area contributed by atoms with Crippen molar-refractivity contribution >= 4 is 34.7 Å². The lowest BCUT2D eigenvalue weighted by Crippen LogP contribution is -2.17. The molecule has 0 aliphatic heterocycles. The Hall–Kier alpha value is -4.16. The molecule has 5 rings (SSSR count). The van der Waals surface area contributed by atoms with Crippen LogP contribution in [0.25, 0.3) is 33.0 Å². The molecule has 5 aromatic rings. The second-order valence-electron chi connectivity index (χ2n) is 8.02. The molecular weight excluding hydrogens is 451 g/mol. The number of hydrogen-bond donors (Lipinski definition) is 0. The van der Waals surface area contributed by atoms with Gasteiger partial charge in [0.1, 0.15) is 0 Å². The summed E-state index contributed by atoms with van der Waals surface area (Å²) in [4.78, 5) is 25.1. The van der Waals surface area contributed by atoms with E-state index in [0.29, 0.717) is 39.4 Å². The molecular formula is C25H19FN6OS. The molecule has 0 amide bonds. The molecule has 168 valence electrons. The van der Waals surface area contributed by atoms with Gasteiger partial charge in [0.25, 0.3) is 5.56 Å². The normalized spacial score (nSPS) is 11.3. The average Bonchev–Trinajstić information content (AvgIpc) is 3.12. The Morgan fingerprint density at radius 2 is 1.85 bits per heavy atom. The molecule has 0 saturated heterocycles. The summed E-state index contributed by atoms with van der Waals surface area (Å²) in [5.41, 5.74) is 4.81. The molecule has 0 spiro atoms. The Kier molecular flexibility index (Phi) is 5.10. The van der Waals surface area contributed by atoms with Crippen LogP contribution < -0.4 is 5.56 Å². The first-order chi connectivity index (χ1) is 16.3. The summed E-state index contributed by atoms with van der Waals surface area (Å²) in [6.45, 7) is 13.0. The highest BCUT2D eigenvalue weighted by molar-refractivity contribution is 7.71. The Morgan fingerprint density at radius 1 is 1.06 bits per heavy atom. The van der Waals surface area contributed by atoms with Gasteiger partial charge in [-0.2, -0.15) is 0 Å². The lowest BCUT2D eigenvalue weighted by molar-refractivity contribution is 0.624. The minimum Gasteiger partial charge on any atom is -0.281 e. The SMILES string of the molecule is [C-]#[N+]c1ccc(-n2c(=S)n(-c3cc(F)c4nc(CC)cc(=O)n4c3)c3c(C)ccnc32)cc1C. The van der Waals surface area contributed by atoms with Gasteiger partial charge in [-0.15, -0.1) is 0 Å². The molecule has 4 heterocycles. The number of pyridine rings is 2. The first kappa shape index (κ1) is 21.7. The van der Waals surface area contributed by atoms with Crippen molar-refractivity contribution in [1.82, 2.24) is 23.5 Å². The maximum Gasteiger partial charge on any atom is 0.258 e. The minimum absolute atomic E-state index is 0.0245. The number of rotatable bonds is 3. The average molecular weight is 471 g/mol. The smallest absolute Gasteiger partial charge is 0.258 e. The van der Waals surface area contributed by atoms with Gasteiger partial charge in [-0.25, -0.2) is 19.2 Å². The van der Waals surface area contributed by atoms with Crippen LogP contribution in [0.3, 0.4) is 0 Å². The maximum absolute atomic E-state index is 15.2. The van der Waals surface area contributed by atoms with Gasteiger partial charge in [0.2, 0.25) is 0 Å². The molecule has 7 nitrogen and oxygen atoms in total. The molecule has 0 fully saturated rings. The van der Waals surface area contributed by atoms with Crippen LogP contribution in [0.15, 0.2) is 53.6 Å². The van der Waals surface area contributed by atoms with Gasteiger partial charge in [0.15, 0.2) is 27.6 Å². The van der Waals surface area contributed by atoms with E-state index in [1.54, 1.807) is 27.6 Å². The minimum atomic E-state index is -0.619. The van der Waals surface area contributed by atoms with Crippen LogP contribution in [0.5, 0.6) is 0 Å². The largest absolute Gasteiger partial charge is 0.281 e. The molecule has 4 aromatic heterocycles. The van der Waals surface area contributed by atoms with Gasteiger partial charge < -0.3 is 0 Å². The zero-order chi connectivity index (χ0) is 24.1. The van der Waals surface area contributed by atoms with Gasteiger partial charge in [-0.3, -0.25) is 18.3 Å². The predicted molar refractivity (Wildman–Crippen MR) is 131 cm³/mol. The van der Waals surface area contributed by atoms with Gasteiger partial charge in [-0.05, 0) is 61.8 Å². The first-order valence-electron chi connectivity index (χ1n) is 10.6. The molecule has 0 radical (unpaired) electrons. The van der Waals surface area contributed by atoms with Crippen LogP contribution in [0.4, 0.5) is 10.1 Å². The van der Waals surface area contributed by atoms with Crippen molar-refractivity contribution in [3.63, 3.8) is 0 Å². The number of aromatic nitrogens is 5. The zero-order valence-electron chi connectivity index (χ0n) is 18.7. The predicted octanol–water partition coefficient (Wildman–Crippen LogP) is 5.42. The number of fused-ring (bicyclic) bond motifs is 2. The van der Waals surface area contributed by atoms with Crippen molar-refractivity contribution in [3.05, 3.63) is 98.0 Å². The van der Waals surface area contributed by atoms with E-state index >= 15 is 4.39 Å². The molecule has 34 heavy (non-hydrogen) atoms. The van der Waals surface area contributed by atoms with Crippen LogP contribution >= 0.6 is 12.2 Å². The number of imidazole rings is 1.